The standard InChI is InChI=1S/C21H20N4O5S/c1-30-18-8-5-14(10-19(18)31(28,29)25-15-6-7-15)21(27)24-16-11-22-20(23-12-16)13-3-2-4-17(26)9-13/h2-5,8-12,15,25-26H,6-7H2,1H3,(H,24,27). The number of hydrogen-bond donors (Lipinski definition) is 3. The zero-order valence-corrected chi connectivity index (χ0v) is 17.4. The number of benzene rings is 2. The van der Waals surface area contributed by atoms with Crippen molar-refractivity contribution in [2.24, 2.45) is 0 Å². The molecule has 160 valence electrons. The van der Waals surface area contributed by atoms with Crippen LogP contribution in [0.4, 0.5) is 5.69 Å². The van der Waals surface area contributed by atoms with E-state index in [2.05, 4.69) is 20.0 Å². The number of aromatic hydroxyl groups is 1. The van der Waals surface area contributed by atoms with Gasteiger partial charge in [-0.05, 0) is 43.2 Å². The smallest absolute Gasteiger partial charge is 0.255 e. The number of nitrogens with zero attached hydrogens (tertiary/aromatic N) is 2. The third kappa shape index (κ3) is 4.81. The normalized spacial score (nSPS) is 13.6. The third-order valence-corrected chi connectivity index (χ3v) is 6.17. The fourth-order valence-corrected chi connectivity index (χ4v) is 4.40. The van der Waals surface area contributed by atoms with E-state index in [4.69, 9.17) is 4.74 Å². The fourth-order valence-electron chi connectivity index (χ4n) is 2.90. The van der Waals surface area contributed by atoms with Crippen LogP contribution in [0.2, 0.25) is 0 Å². The number of carbonyl (C=O) groups is 1. The number of rotatable bonds is 7. The number of methoxy groups -OCH3 is 1. The highest BCUT2D eigenvalue weighted by molar-refractivity contribution is 7.89. The van der Waals surface area contributed by atoms with Gasteiger partial charge >= 0.3 is 0 Å². The first kappa shape index (κ1) is 20.8. The summed E-state index contributed by atoms with van der Waals surface area (Å²) < 4.78 is 33.0. The van der Waals surface area contributed by atoms with Crippen molar-refractivity contribution in [2.45, 2.75) is 23.8 Å². The van der Waals surface area contributed by atoms with Gasteiger partial charge in [0.1, 0.15) is 16.4 Å². The lowest BCUT2D eigenvalue weighted by Crippen LogP contribution is -2.26. The molecule has 0 unspecified atom stereocenters. The predicted molar refractivity (Wildman–Crippen MR) is 113 cm³/mol. The molecule has 0 aliphatic heterocycles. The van der Waals surface area contributed by atoms with E-state index in [1.807, 2.05) is 0 Å². The average Bonchev–Trinajstić information content (AvgIpc) is 3.57. The van der Waals surface area contributed by atoms with Crippen LogP contribution in [0.25, 0.3) is 11.4 Å². The Labute approximate surface area is 179 Å². The molecule has 0 atom stereocenters. The van der Waals surface area contributed by atoms with E-state index in [1.165, 1.54) is 43.8 Å². The first-order valence-electron chi connectivity index (χ1n) is 9.49. The zero-order valence-electron chi connectivity index (χ0n) is 16.6. The summed E-state index contributed by atoms with van der Waals surface area (Å²) in [5.74, 6) is 0.125. The van der Waals surface area contributed by atoms with Gasteiger partial charge in [-0.1, -0.05) is 12.1 Å². The van der Waals surface area contributed by atoms with Crippen molar-refractivity contribution in [1.29, 1.82) is 0 Å². The minimum absolute atomic E-state index is 0.0746. The van der Waals surface area contributed by atoms with Crippen LogP contribution >= 0.6 is 0 Å². The molecule has 1 fully saturated rings. The molecule has 1 aliphatic rings. The number of phenolic OH excluding ortho intramolecular Hbond substituents is 1. The van der Waals surface area contributed by atoms with E-state index in [-0.39, 0.29) is 28.0 Å². The Balaban J connectivity index is 1.54. The number of sulfonamides is 1. The van der Waals surface area contributed by atoms with Gasteiger partial charge in [-0.15, -0.1) is 0 Å². The molecule has 1 aliphatic carbocycles. The summed E-state index contributed by atoms with van der Waals surface area (Å²) in [4.78, 5) is 21.0. The number of ether oxygens (including phenoxy) is 1. The summed E-state index contributed by atoms with van der Waals surface area (Å²) in [5.41, 5.74) is 1.12. The first-order valence-corrected chi connectivity index (χ1v) is 11.0. The maximum Gasteiger partial charge on any atom is 0.255 e. The van der Waals surface area contributed by atoms with Gasteiger partial charge in [-0.2, -0.15) is 0 Å². The molecule has 3 N–H and O–H groups in total. The molecule has 3 aromatic rings. The van der Waals surface area contributed by atoms with E-state index in [0.717, 1.165) is 12.8 Å². The molecular formula is C21H20N4O5S. The van der Waals surface area contributed by atoms with Crippen LogP contribution in [0.3, 0.4) is 0 Å². The lowest BCUT2D eigenvalue weighted by Gasteiger charge is -2.12. The van der Waals surface area contributed by atoms with E-state index in [0.29, 0.717) is 17.1 Å². The summed E-state index contributed by atoms with van der Waals surface area (Å²) in [6.45, 7) is 0. The molecule has 0 saturated heterocycles. The Morgan fingerprint density at radius 2 is 1.87 bits per heavy atom. The lowest BCUT2D eigenvalue weighted by atomic mass is 10.2. The molecule has 31 heavy (non-hydrogen) atoms. The molecule has 0 spiro atoms. The van der Waals surface area contributed by atoms with Crippen LogP contribution in [-0.4, -0.2) is 42.6 Å². The molecule has 1 aromatic heterocycles. The molecule has 9 nitrogen and oxygen atoms in total. The van der Waals surface area contributed by atoms with Gasteiger partial charge in [0.2, 0.25) is 10.0 Å². The zero-order chi connectivity index (χ0) is 22.0. The van der Waals surface area contributed by atoms with Gasteiger partial charge in [0.15, 0.2) is 5.82 Å². The maximum absolute atomic E-state index is 12.7. The predicted octanol–water partition coefficient (Wildman–Crippen LogP) is 2.55. The van der Waals surface area contributed by atoms with Crippen LogP contribution < -0.4 is 14.8 Å². The van der Waals surface area contributed by atoms with Crippen molar-refractivity contribution in [2.75, 3.05) is 12.4 Å². The van der Waals surface area contributed by atoms with Crippen molar-refractivity contribution in [1.82, 2.24) is 14.7 Å². The Morgan fingerprint density at radius 1 is 1.13 bits per heavy atom. The van der Waals surface area contributed by atoms with Crippen LogP contribution in [0.1, 0.15) is 23.2 Å². The largest absolute Gasteiger partial charge is 0.508 e. The number of aromatic nitrogens is 2. The Morgan fingerprint density at radius 3 is 2.52 bits per heavy atom. The van der Waals surface area contributed by atoms with Gasteiger partial charge in [0, 0.05) is 17.2 Å². The molecule has 0 bridgehead atoms. The molecule has 1 saturated carbocycles. The second kappa shape index (κ2) is 8.32. The lowest BCUT2D eigenvalue weighted by molar-refractivity contribution is 0.102. The van der Waals surface area contributed by atoms with Crippen molar-refractivity contribution < 1.29 is 23.1 Å². The molecular weight excluding hydrogens is 420 g/mol. The third-order valence-electron chi connectivity index (χ3n) is 4.63. The van der Waals surface area contributed by atoms with Gasteiger partial charge in [-0.25, -0.2) is 23.1 Å². The van der Waals surface area contributed by atoms with Gasteiger partial charge < -0.3 is 15.2 Å². The van der Waals surface area contributed by atoms with Crippen LogP contribution in [0.15, 0.2) is 59.8 Å². The highest BCUT2D eigenvalue weighted by atomic mass is 32.2. The SMILES string of the molecule is COc1ccc(C(=O)Nc2cnc(-c3cccc(O)c3)nc2)cc1S(=O)(=O)NC1CC1. The Hall–Kier alpha value is -3.50. The summed E-state index contributed by atoms with van der Waals surface area (Å²) in [5, 5.41) is 12.2. The summed E-state index contributed by atoms with van der Waals surface area (Å²) in [6.07, 6.45) is 4.45. The highest BCUT2D eigenvalue weighted by Crippen LogP contribution is 2.28. The summed E-state index contributed by atoms with van der Waals surface area (Å²) >= 11 is 0. The molecule has 2 aromatic carbocycles. The number of hydrogen-bond acceptors (Lipinski definition) is 7. The van der Waals surface area contributed by atoms with Crippen molar-refractivity contribution in [3.8, 4) is 22.9 Å². The molecule has 4 rings (SSSR count). The second-order valence-corrected chi connectivity index (χ2v) is 8.74. The number of anilines is 1. The van der Waals surface area contributed by atoms with E-state index >= 15 is 0 Å². The number of nitrogens with one attached hydrogen (secondary N) is 2. The van der Waals surface area contributed by atoms with Gasteiger partial charge in [0.05, 0.1) is 25.2 Å². The maximum atomic E-state index is 12.7. The fraction of sp³-hybridized carbons (Fsp3) is 0.190. The van der Waals surface area contributed by atoms with Crippen molar-refractivity contribution >= 4 is 21.6 Å². The molecule has 0 radical (unpaired) electrons. The number of phenols is 1. The minimum Gasteiger partial charge on any atom is -0.508 e. The van der Waals surface area contributed by atoms with Gasteiger partial charge in [-0.3, -0.25) is 4.79 Å². The monoisotopic (exact) mass is 440 g/mol. The summed E-state index contributed by atoms with van der Waals surface area (Å²) in [7, 11) is -2.44. The van der Waals surface area contributed by atoms with E-state index in [9.17, 15) is 18.3 Å². The summed E-state index contributed by atoms with van der Waals surface area (Å²) in [6, 6.07) is 10.6. The molecule has 1 heterocycles. The number of amides is 1. The van der Waals surface area contributed by atoms with Crippen LogP contribution in [-0.2, 0) is 10.0 Å². The van der Waals surface area contributed by atoms with Gasteiger partial charge in [0.25, 0.3) is 5.91 Å². The average molecular weight is 440 g/mol. The Bertz CT molecular complexity index is 1220. The van der Waals surface area contributed by atoms with Crippen molar-refractivity contribution in [3.05, 3.63) is 60.4 Å². The number of carbonyl (C=O) groups excluding carboxylic acids is 1. The minimum atomic E-state index is -3.81. The topological polar surface area (TPSA) is 131 Å². The van der Waals surface area contributed by atoms with Crippen molar-refractivity contribution in [3.63, 3.8) is 0 Å². The van der Waals surface area contributed by atoms with Crippen LogP contribution in [0, 0.1) is 0 Å². The molecule has 10 heteroatoms. The van der Waals surface area contributed by atoms with E-state index < -0.39 is 15.9 Å². The second-order valence-electron chi connectivity index (χ2n) is 7.06. The highest BCUT2D eigenvalue weighted by Gasteiger charge is 2.30. The first-order chi connectivity index (χ1) is 14.9. The molecule has 1 amide bonds. The Kier molecular flexibility index (Phi) is 5.57. The van der Waals surface area contributed by atoms with E-state index in [1.54, 1.807) is 18.2 Å². The van der Waals surface area contributed by atoms with Crippen LogP contribution in [0.5, 0.6) is 11.5 Å². The quantitative estimate of drug-likeness (QED) is 0.515.